The summed E-state index contributed by atoms with van der Waals surface area (Å²) in [6.07, 6.45) is 4.59. The minimum absolute atomic E-state index is 0.222. The molecule has 0 radical (unpaired) electrons. The second-order valence-electron chi connectivity index (χ2n) is 10.4. The largest absolute Gasteiger partial charge is 0.357 e. The molecular formula is C34H34N6O. The van der Waals surface area contributed by atoms with E-state index in [1.54, 1.807) is 6.20 Å². The van der Waals surface area contributed by atoms with E-state index in [1.165, 1.54) is 23.5 Å². The van der Waals surface area contributed by atoms with Crippen molar-refractivity contribution in [1.82, 2.24) is 24.8 Å². The van der Waals surface area contributed by atoms with E-state index in [1.807, 2.05) is 18.2 Å². The topological polar surface area (TPSA) is 77.1 Å². The zero-order valence-corrected chi connectivity index (χ0v) is 23.2. The molecule has 6 rings (SSSR count). The van der Waals surface area contributed by atoms with Crippen LogP contribution in [-0.4, -0.2) is 56.8 Å². The van der Waals surface area contributed by atoms with Crippen molar-refractivity contribution in [3.63, 3.8) is 0 Å². The monoisotopic (exact) mass is 542 g/mol. The molecule has 2 aromatic heterocycles. The smallest absolute Gasteiger partial charge is 0.275 e. The number of carbonyl (C=O) groups excluding carboxylic acids is 1. The zero-order valence-electron chi connectivity index (χ0n) is 23.2. The molecule has 5 aromatic rings. The van der Waals surface area contributed by atoms with Gasteiger partial charge in [-0.3, -0.25) is 19.6 Å². The van der Waals surface area contributed by atoms with Crippen LogP contribution < -0.4 is 5.32 Å². The van der Waals surface area contributed by atoms with Crippen molar-refractivity contribution in [2.45, 2.75) is 19.5 Å². The van der Waals surface area contributed by atoms with Crippen molar-refractivity contribution in [2.24, 2.45) is 0 Å². The van der Waals surface area contributed by atoms with Crippen molar-refractivity contribution >= 4 is 11.6 Å². The van der Waals surface area contributed by atoms with Crippen LogP contribution in [-0.2, 0) is 6.54 Å². The highest BCUT2D eigenvalue weighted by molar-refractivity contribution is 6.05. The molecule has 1 aliphatic heterocycles. The van der Waals surface area contributed by atoms with E-state index in [4.69, 9.17) is 0 Å². The minimum atomic E-state index is -0.270. The summed E-state index contributed by atoms with van der Waals surface area (Å²) in [5, 5.41) is 3.16. The fourth-order valence-corrected chi connectivity index (χ4v) is 5.70. The molecule has 3 aromatic carbocycles. The first-order valence-corrected chi connectivity index (χ1v) is 14.1. The lowest BCUT2D eigenvalue weighted by molar-refractivity contribution is 0.101. The highest BCUT2D eigenvalue weighted by Crippen LogP contribution is 2.35. The number of amides is 1. The average molecular weight is 543 g/mol. The lowest BCUT2D eigenvalue weighted by atomic mass is 9.96. The summed E-state index contributed by atoms with van der Waals surface area (Å²) >= 11 is 0. The molecule has 1 fully saturated rings. The number of anilines is 1. The van der Waals surface area contributed by atoms with Crippen LogP contribution >= 0.6 is 0 Å². The number of H-pyrrole nitrogens is 1. The maximum Gasteiger partial charge on any atom is 0.275 e. The maximum atomic E-state index is 13.2. The number of aromatic nitrogens is 3. The second-order valence-corrected chi connectivity index (χ2v) is 10.4. The lowest BCUT2D eigenvalue weighted by Gasteiger charge is -2.40. The van der Waals surface area contributed by atoms with Gasteiger partial charge in [-0.05, 0) is 18.1 Å². The molecule has 0 spiro atoms. The van der Waals surface area contributed by atoms with Gasteiger partial charge in [0, 0.05) is 61.9 Å². The fraction of sp³-hybridized carbons (Fsp3) is 0.206. The number of hydrogen-bond acceptors (Lipinski definition) is 5. The van der Waals surface area contributed by atoms with E-state index in [2.05, 4.69) is 110 Å². The third-order valence-electron chi connectivity index (χ3n) is 7.80. The molecule has 206 valence electrons. The van der Waals surface area contributed by atoms with Crippen molar-refractivity contribution in [1.29, 1.82) is 0 Å². The first-order valence-electron chi connectivity index (χ1n) is 14.1. The number of carbonyl (C=O) groups is 1. The number of rotatable bonds is 8. The Bertz CT molecular complexity index is 1520. The van der Waals surface area contributed by atoms with E-state index in [9.17, 15) is 4.79 Å². The number of piperazine rings is 1. The molecule has 0 saturated carbocycles. The molecule has 1 aliphatic rings. The Labute approximate surface area is 240 Å². The number of benzene rings is 3. The molecule has 1 amide bonds. The molecule has 41 heavy (non-hydrogen) atoms. The first-order chi connectivity index (χ1) is 20.2. The number of aryl methyl sites for hydroxylation is 1. The van der Waals surface area contributed by atoms with Crippen LogP contribution in [0.1, 0.15) is 38.9 Å². The predicted molar refractivity (Wildman–Crippen MR) is 163 cm³/mol. The summed E-state index contributed by atoms with van der Waals surface area (Å²) in [4.78, 5) is 30.1. The summed E-state index contributed by atoms with van der Waals surface area (Å²) in [5.41, 5.74) is 7.79. The highest BCUT2D eigenvalue weighted by atomic mass is 16.1. The highest BCUT2D eigenvalue weighted by Gasteiger charge is 2.28. The van der Waals surface area contributed by atoms with Gasteiger partial charge in [0.05, 0.1) is 23.6 Å². The van der Waals surface area contributed by atoms with E-state index in [-0.39, 0.29) is 17.6 Å². The van der Waals surface area contributed by atoms with E-state index in [0.29, 0.717) is 0 Å². The minimum Gasteiger partial charge on any atom is -0.357 e. The fourth-order valence-electron chi connectivity index (χ4n) is 5.70. The molecule has 7 nitrogen and oxygen atoms in total. The van der Waals surface area contributed by atoms with Gasteiger partial charge in [0.1, 0.15) is 5.69 Å². The van der Waals surface area contributed by atoms with Gasteiger partial charge in [0.2, 0.25) is 0 Å². The molecule has 1 saturated heterocycles. The molecule has 2 N–H and O–H groups in total. The van der Waals surface area contributed by atoms with Gasteiger partial charge in [-0.1, -0.05) is 91.0 Å². The Morgan fingerprint density at radius 1 is 0.854 bits per heavy atom. The number of nitrogens with zero attached hydrogens (tertiary/aromatic N) is 4. The third-order valence-corrected chi connectivity index (χ3v) is 7.80. The number of hydrogen-bond donors (Lipinski definition) is 2. The van der Waals surface area contributed by atoms with Crippen molar-refractivity contribution in [2.75, 3.05) is 31.5 Å². The van der Waals surface area contributed by atoms with Gasteiger partial charge < -0.3 is 10.3 Å². The van der Waals surface area contributed by atoms with Gasteiger partial charge in [0.15, 0.2) is 0 Å². The lowest BCUT2D eigenvalue weighted by Crippen LogP contribution is -2.47. The van der Waals surface area contributed by atoms with Crippen molar-refractivity contribution in [3.8, 4) is 11.3 Å². The molecule has 0 unspecified atom stereocenters. The molecular weight excluding hydrogens is 508 g/mol. The Morgan fingerprint density at radius 3 is 2.05 bits per heavy atom. The Morgan fingerprint density at radius 2 is 1.46 bits per heavy atom. The molecule has 3 heterocycles. The van der Waals surface area contributed by atoms with Gasteiger partial charge in [-0.25, -0.2) is 4.98 Å². The van der Waals surface area contributed by atoms with Crippen molar-refractivity contribution in [3.05, 3.63) is 138 Å². The molecule has 0 bridgehead atoms. The molecule has 0 aliphatic carbocycles. The van der Waals surface area contributed by atoms with Crippen LogP contribution in [0.3, 0.4) is 0 Å². The van der Waals surface area contributed by atoms with Crippen LogP contribution in [0, 0.1) is 6.92 Å². The standard InChI is InChI=1S/C34H34N6O/c1-25-29(32(31(37-25)26-11-5-2-6-12-26)38-34(41)30-23-35-17-18-36-30)24-39-19-21-40(22-20-39)33(27-13-7-3-8-14-27)28-15-9-4-10-16-28/h2-18,23,33,37H,19-22,24H2,1H3,(H,38,41). The van der Waals surface area contributed by atoms with E-state index >= 15 is 0 Å². The Hall–Kier alpha value is -4.59. The van der Waals surface area contributed by atoms with Crippen LogP contribution in [0.15, 0.2) is 110 Å². The van der Waals surface area contributed by atoms with Crippen LogP contribution in [0.4, 0.5) is 5.69 Å². The van der Waals surface area contributed by atoms with Gasteiger partial charge in [-0.2, -0.15) is 0 Å². The van der Waals surface area contributed by atoms with Gasteiger partial charge in [0.25, 0.3) is 5.91 Å². The second kappa shape index (κ2) is 12.3. The Balaban J connectivity index is 1.24. The third kappa shape index (κ3) is 5.96. The SMILES string of the molecule is Cc1[nH]c(-c2ccccc2)c(NC(=O)c2cnccn2)c1CN1CCN(C(c2ccccc2)c2ccccc2)CC1. The predicted octanol–water partition coefficient (Wildman–Crippen LogP) is 5.94. The van der Waals surface area contributed by atoms with E-state index < -0.39 is 0 Å². The van der Waals surface area contributed by atoms with Crippen LogP contribution in [0.25, 0.3) is 11.3 Å². The summed E-state index contributed by atoms with van der Waals surface area (Å²) in [7, 11) is 0. The van der Waals surface area contributed by atoms with Crippen LogP contribution in [0.2, 0.25) is 0 Å². The van der Waals surface area contributed by atoms with Crippen LogP contribution in [0.5, 0.6) is 0 Å². The van der Waals surface area contributed by atoms with E-state index in [0.717, 1.165) is 60.9 Å². The van der Waals surface area contributed by atoms with Gasteiger partial charge in [-0.15, -0.1) is 0 Å². The summed E-state index contributed by atoms with van der Waals surface area (Å²) < 4.78 is 0. The zero-order chi connectivity index (χ0) is 28.0. The quantitative estimate of drug-likeness (QED) is 0.254. The maximum absolute atomic E-state index is 13.2. The normalized spacial score (nSPS) is 14.3. The summed E-state index contributed by atoms with van der Waals surface area (Å²) in [5.74, 6) is -0.270. The number of aromatic amines is 1. The van der Waals surface area contributed by atoms with Crippen molar-refractivity contribution < 1.29 is 4.79 Å². The molecule has 7 heteroatoms. The Kier molecular flexibility index (Phi) is 7.98. The average Bonchev–Trinajstić information content (AvgIpc) is 3.34. The first kappa shape index (κ1) is 26.6. The number of nitrogens with one attached hydrogen (secondary N) is 2. The molecule has 0 atom stereocenters. The van der Waals surface area contributed by atoms with Gasteiger partial charge >= 0.3 is 0 Å². The summed E-state index contributed by atoms with van der Waals surface area (Å²) in [6, 6.07) is 31.9. The summed E-state index contributed by atoms with van der Waals surface area (Å²) in [6.45, 7) is 6.57.